The zero-order valence-corrected chi connectivity index (χ0v) is 7.19. The molecular weight excluding hydrogens is 172 g/mol. The summed E-state index contributed by atoms with van der Waals surface area (Å²) in [5, 5.41) is 6.51. The number of aromatic nitrogens is 1. The fourth-order valence-electron chi connectivity index (χ4n) is 0.687. The summed E-state index contributed by atoms with van der Waals surface area (Å²) in [4.78, 5) is 10.6. The van der Waals surface area contributed by atoms with Gasteiger partial charge in [0.1, 0.15) is 12.0 Å². The normalized spacial score (nSPS) is 10.2. The van der Waals surface area contributed by atoms with Crippen LogP contribution >= 0.6 is 0 Å². The molecule has 0 aromatic carbocycles. The fraction of sp³-hybridized carbons (Fsp3) is 0.250. The average molecular weight is 182 g/mol. The van der Waals surface area contributed by atoms with Crippen LogP contribution in [-0.2, 0) is 16.1 Å². The molecule has 1 aromatic rings. The Balaban J connectivity index is 2.21. The summed E-state index contributed by atoms with van der Waals surface area (Å²) < 4.78 is 9.00. The van der Waals surface area contributed by atoms with Crippen LogP contribution in [0.3, 0.4) is 0 Å². The first-order chi connectivity index (χ1) is 6.33. The Labute approximate surface area is 75.4 Å². The van der Waals surface area contributed by atoms with E-state index in [0.717, 1.165) is 5.69 Å². The Bertz CT molecular complexity index is 280. The molecule has 5 heteroatoms. The van der Waals surface area contributed by atoms with E-state index in [-0.39, 0.29) is 0 Å². The van der Waals surface area contributed by atoms with Gasteiger partial charge in [-0.3, -0.25) is 0 Å². The van der Waals surface area contributed by atoms with Gasteiger partial charge in [-0.15, -0.1) is 0 Å². The lowest BCUT2D eigenvalue weighted by molar-refractivity contribution is -0.134. The van der Waals surface area contributed by atoms with Gasteiger partial charge in [-0.1, -0.05) is 5.16 Å². The standard InChI is InChI=1S/C8H10N2O3/c1-12-8(11)2-4-9-6-7-3-5-13-10-7/h2-5,9H,6H2,1H3/b4-2+. The lowest BCUT2D eigenvalue weighted by Crippen LogP contribution is -2.06. The third-order valence-electron chi connectivity index (χ3n) is 1.31. The average Bonchev–Trinajstić information content (AvgIpc) is 2.64. The Morgan fingerprint density at radius 2 is 2.69 bits per heavy atom. The molecule has 0 amide bonds. The lowest BCUT2D eigenvalue weighted by atomic mass is 10.4. The summed E-state index contributed by atoms with van der Waals surface area (Å²) in [7, 11) is 1.32. The molecule has 1 aromatic heterocycles. The van der Waals surface area contributed by atoms with E-state index in [2.05, 4.69) is 19.7 Å². The monoisotopic (exact) mass is 182 g/mol. The van der Waals surface area contributed by atoms with Crippen LogP contribution in [-0.4, -0.2) is 18.2 Å². The van der Waals surface area contributed by atoms with Gasteiger partial charge >= 0.3 is 5.97 Å². The smallest absolute Gasteiger partial charge is 0.331 e. The van der Waals surface area contributed by atoms with Crippen LogP contribution in [0.5, 0.6) is 0 Å². The highest BCUT2D eigenvalue weighted by atomic mass is 16.5. The number of nitrogens with zero attached hydrogens (tertiary/aromatic N) is 1. The molecule has 0 unspecified atom stereocenters. The molecule has 0 atom stereocenters. The van der Waals surface area contributed by atoms with Gasteiger partial charge in [0.05, 0.1) is 13.7 Å². The number of ether oxygens (including phenoxy) is 1. The second-order valence-electron chi connectivity index (χ2n) is 2.23. The van der Waals surface area contributed by atoms with E-state index in [1.165, 1.54) is 25.6 Å². The van der Waals surface area contributed by atoms with E-state index in [4.69, 9.17) is 0 Å². The maximum absolute atomic E-state index is 10.6. The number of rotatable bonds is 4. The molecule has 0 aliphatic heterocycles. The van der Waals surface area contributed by atoms with E-state index in [1.54, 1.807) is 6.07 Å². The Kier molecular flexibility index (Phi) is 3.56. The zero-order valence-electron chi connectivity index (χ0n) is 7.19. The van der Waals surface area contributed by atoms with Crippen molar-refractivity contribution in [3.05, 3.63) is 30.3 Å². The second-order valence-corrected chi connectivity index (χ2v) is 2.23. The molecule has 70 valence electrons. The van der Waals surface area contributed by atoms with Gasteiger partial charge in [-0.25, -0.2) is 4.79 Å². The largest absolute Gasteiger partial charge is 0.466 e. The van der Waals surface area contributed by atoms with Crippen molar-refractivity contribution in [2.75, 3.05) is 7.11 Å². The van der Waals surface area contributed by atoms with Crippen molar-refractivity contribution in [3.8, 4) is 0 Å². The number of methoxy groups -OCH3 is 1. The van der Waals surface area contributed by atoms with Gasteiger partial charge in [0, 0.05) is 18.3 Å². The summed E-state index contributed by atoms with van der Waals surface area (Å²) >= 11 is 0. The van der Waals surface area contributed by atoms with Crippen LogP contribution < -0.4 is 5.32 Å². The molecule has 1 rings (SSSR count). The summed E-state index contributed by atoms with van der Waals surface area (Å²) in [6, 6.07) is 1.74. The van der Waals surface area contributed by atoms with E-state index >= 15 is 0 Å². The Morgan fingerprint density at radius 3 is 3.31 bits per heavy atom. The van der Waals surface area contributed by atoms with Crippen LogP contribution in [0.15, 0.2) is 29.1 Å². The summed E-state index contributed by atoms with van der Waals surface area (Å²) in [5.41, 5.74) is 0.773. The quantitative estimate of drug-likeness (QED) is 0.541. The van der Waals surface area contributed by atoms with Crippen molar-refractivity contribution in [3.63, 3.8) is 0 Å². The fourth-order valence-corrected chi connectivity index (χ4v) is 0.687. The van der Waals surface area contributed by atoms with Crippen molar-refractivity contribution in [1.29, 1.82) is 0 Å². The number of carbonyl (C=O) groups excluding carboxylic acids is 1. The van der Waals surface area contributed by atoms with Crippen LogP contribution in [0.1, 0.15) is 5.69 Å². The van der Waals surface area contributed by atoms with Crippen LogP contribution in [0.2, 0.25) is 0 Å². The highest BCUT2D eigenvalue weighted by Gasteiger charge is 1.93. The summed E-state index contributed by atoms with van der Waals surface area (Å²) in [6.45, 7) is 0.518. The van der Waals surface area contributed by atoms with E-state index in [0.29, 0.717) is 6.54 Å². The van der Waals surface area contributed by atoms with Crippen molar-refractivity contribution in [2.45, 2.75) is 6.54 Å². The molecule has 0 aliphatic rings. The van der Waals surface area contributed by atoms with Crippen LogP contribution in [0, 0.1) is 0 Å². The lowest BCUT2D eigenvalue weighted by Gasteiger charge is -1.94. The minimum absolute atomic E-state index is 0.396. The van der Waals surface area contributed by atoms with Gasteiger partial charge in [0.25, 0.3) is 0 Å². The predicted octanol–water partition coefficient (Wildman–Crippen LogP) is 0.451. The third kappa shape index (κ3) is 3.42. The number of nitrogens with one attached hydrogen (secondary N) is 1. The van der Waals surface area contributed by atoms with Gasteiger partial charge in [0.15, 0.2) is 0 Å². The molecule has 0 fully saturated rings. The predicted molar refractivity (Wildman–Crippen MR) is 44.5 cm³/mol. The zero-order chi connectivity index (χ0) is 9.52. The van der Waals surface area contributed by atoms with E-state index in [9.17, 15) is 4.79 Å². The number of hydrogen-bond acceptors (Lipinski definition) is 5. The molecule has 1 heterocycles. The first-order valence-corrected chi connectivity index (χ1v) is 3.70. The molecular formula is C8H10N2O3. The maximum Gasteiger partial charge on any atom is 0.331 e. The van der Waals surface area contributed by atoms with Gasteiger partial charge in [-0.05, 0) is 0 Å². The molecule has 0 radical (unpaired) electrons. The number of carbonyl (C=O) groups is 1. The molecule has 0 aliphatic carbocycles. The second kappa shape index (κ2) is 4.97. The molecule has 0 bridgehead atoms. The summed E-state index contributed by atoms with van der Waals surface area (Å²) in [5.74, 6) is -0.396. The molecule has 1 N–H and O–H groups in total. The van der Waals surface area contributed by atoms with Crippen molar-refractivity contribution in [1.82, 2.24) is 10.5 Å². The van der Waals surface area contributed by atoms with Crippen LogP contribution in [0.4, 0.5) is 0 Å². The van der Waals surface area contributed by atoms with E-state index in [1.807, 2.05) is 0 Å². The summed E-state index contributed by atoms with van der Waals surface area (Å²) in [6.07, 6.45) is 4.28. The highest BCUT2D eigenvalue weighted by molar-refractivity contribution is 5.81. The van der Waals surface area contributed by atoms with Gasteiger partial charge < -0.3 is 14.6 Å². The van der Waals surface area contributed by atoms with E-state index < -0.39 is 5.97 Å². The molecule has 0 saturated heterocycles. The Hall–Kier alpha value is -1.78. The van der Waals surface area contributed by atoms with Crippen molar-refractivity contribution < 1.29 is 14.1 Å². The first kappa shape index (κ1) is 9.31. The molecule has 0 spiro atoms. The number of hydrogen-bond donors (Lipinski definition) is 1. The van der Waals surface area contributed by atoms with Crippen molar-refractivity contribution >= 4 is 5.97 Å². The Morgan fingerprint density at radius 1 is 1.85 bits per heavy atom. The SMILES string of the molecule is COC(=O)/C=C/NCc1ccon1. The number of esters is 1. The highest BCUT2D eigenvalue weighted by Crippen LogP contribution is 1.92. The third-order valence-corrected chi connectivity index (χ3v) is 1.31. The van der Waals surface area contributed by atoms with Crippen molar-refractivity contribution in [2.24, 2.45) is 0 Å². The maximum atomic E-state index is 10.6. The van der Waals surface area contributed by atoms with Gasteiger partial charge in [-0.2, -0.15) is 0 Å². The minimum Gasteiger partial charge on any atom is -0.466 e. The molecule has 13 heavy (non-hydrogen) atoms. The van der Waals surface area contributed by atoms with Gasteiger partial charge in [0.2, 0.25) is 0 Å². The first-order valence-electron chi connectivity index (χ1n) is 3.70. The molecule has 0 saturated carbocycles. The topological polar surface area (TPSA) is 64.4 Å². The molecule has 5 nitrogen and oxygen atoms in total. The van der Waals surface area contributed by atoms with Crippen LogP contribution in [0.25, 0.3) is 0 Å². The minimum atomic E-state index is -0.396.